The second-order valence-corrected chi connectivity index (χ2v) is 4.02. The van der Waals surface area contributed by atoms with Gasteiger partial charge in [-0.25, -0.2) is 0 Å². The van der Waals surface area contributed by atoms with Crippen LogP contribution in [-0.4, -0.2) is 10.7 Å². The molecule has 0 fully saturated rings. The number of nitro benzene ring substituents is 1. The van der Waals surface area contributed by atoms with Crippen molar-refractivity contribution in [2.45, 2.75) is 0 Å². The van der Waals surface area contributed by atoms with E-state index in [1.807, 2.05) is 0 Å². The van der Waals surface area contributed by atoms with E-state index in [0.29, 0.717) is 5.56 Å². The number of nitrogens with zero attached hydrogens (tertiary/aromatic N) is 1. The van der Waals surface area contributed by atoms with Crippen molar-refractivity contribution in [2.75, 3.05) is 0 Å². The van der Waals surface area contributed by atoms with Gasteiger partial charge >= 0.3 is 0 Å². The maximum absolute atomic E-state index is 12.1. The third-order valence-electron chi connectivity index (χ3n) is 2.44. The van der Waals surface area contributed by atoms with Crippen LogP contribution in [0.25, 0.3) is 0 Å². The molecule has 0 aliphatic rings. The topological polar surface area (TPSA) is 60.2 Å². The van der Waals surface area contributed by atoms with Gasteiger partial charge in [0.05, 0.1) is 9.95 Å². The highest BCUT2D eigenvalue weighted by Gasteiger charge is 2.16. The summed E-state index contributed by atoms with van der Waals surface area (Å²) in [5.74, 6) is -0.329. The summed E-state index contributed by atoms with van der Waals surface area (Å²) in [6, 6.07) is 12.3. The largest absolute Gasteiger partial charge is 0.289 e. The molecule has 0 bridgehead atoms. The number of nitro groups is 1. The highest BCUT2D eigenvalue weighted by molar-refractivity contribution is 6.35. The number of carbonyl (C=O) groups excluding carboxylic acids is 1. The molecule has 0 aliphatic carbocycles. The maximum Gasteiger partial charge on any atom is 0.270 e. The van der Waals surface area contributed by atoms with Gasteiger partial charge in [-0.2, -0.15) is 0 Å². The number of hydrogen-bond donors (Lipinski definition) is 0. The van der Waals surface area contributed by atoms with Gasteiger partial charge in [-0.05, 0) is 6.07 Å². The van der Waals surface area contributed by atoms with Gasteiger partial charge < -0.3 is 0 Å². The minimum atomic E-state index is -0.557. The van der Waals surface area contributed by atoms with Gasteiger partial charge in [0.25, 0.3) is 5.69 Å². The molecule has 0 heterocycles. The van der Waals surface area contributed by atoms with Crippen LogP contribution in [0.5, 0.6) is 0 Å². The fourth-order valence-corrected chi connectivity index (χ4v) is 1.75. The van der Waals surface area contributed by atoms with Crippen molar-refractivity contribution in [1.29, 1.82) is 0 Å². The molecule has 5 heteroatoms. The van der Waals surface area contributed by atoms with Crippen LogP contribution < -0.4 is 0 Å². The van der Waals surface area contributed by atoms with Crippen molar-refractivity contribution in [3.05, 3.63) is 74.8 Å². The third kappa shape index (κ3) is 2.38. The number of hydrogen-bond acceptors (Lipinski definition) is 3. The van der Waals surface area contributed by atoms with E-state index in [-0.39, 0.29) is 22.1 Å². The lowest BCUT2D eigenvalue weighted by atomic mass is 10.1. The molecule has 2 aromatic carbocycles. The molecule has 0 atom stereocenters. The number of rotatable bonds is 3. The van der Waals surface area contributed by atoms with Crippen LogP contribution in [0.2, 0.25) is 5.02 Å². The van der Waals surface area contributed by atoms with Crippen molar-refractivity contribution in [3.63, 3.8) is 0 Å². The van der Waals surface area contributed by atoms with Crippen LogP contribution in [0, 0.1) is 10.1 Å². The van der Waals surface area contributed by atoms with Crippen LogP contribution in [-0.2, 0) is 0 Å². The number of halogens is 1. The lowest BCUT2D eigenvalue weighted by molar-refractivity contribution is -0.384. The summed E-state index contributed by atoms with van der Waals surface area (Å²) in [6.45, 7) is 0. The first-order chi connectivity index (χ1) is 8.59. The highest BCUT2D eigenvalue weighted by Crippen LogP contribution is 2.24. The van der Waals surface area contributed by atoms with E-state index >= 15 is 0 Å². The Hall–Kier alpha value is -2.20. The van der Waals surface area contributed by atoms with E-state index in [4.69, 9.17) is 11.6 Å². The zero-order valence-electron chi connectivity index (χ0n) is 9.17. The molecule has 0 radical (unpaired) electrons. The number of carbonyl (C=O) groups is 1. The predicted molar refractivity (Wildman–Crippen MR) is 68.0 cm³/mol. The molecule has 0 saturated carbocycles. The number of benzene rings is 2. The molecular formula is C13H8ClNO3. The fraction of sp³-hybridized carbons (Fsp3) is 0. The molecule has 4 nitrogen and oxygen atoms in total. The summed E-state index contributed by atoms with van der Waals surface area (Å²) in [5, 5.41) is 10.9. The number of ketones is 1. The average molecular weight is 268 g/mol. The Kier molecular flexibility index (Phi) is 3.39. The van der Waals surface area contributed by atoms with Crippen LogP contribution >= 0.6 is 11.6 Å². The first kappa shape index (κ1) is 12.3. The van der Waals surface area contributed by atoms with Gasteiger partial charge in [-0.15, -0.1) is 0 Å². The van der Waals surface area contributed by atoms with E-state index in [0.717, 1.165) is 0 Å². The zero-order valence-corrected chi connectivity index (χ0v) is 9.92. The summed E-state index contributed by atoms with van der Waals surface area (Å²) in [6.07, 6.45) is 0. The Morgan fingerprint density at radius 1 is 1.11 bits per heavy atom. The van der Waals surface area contributed by atoms with Crippen molar-refractivity contribution in [2.24, 2.45) is 0 Å². The Bertz CT molecular complexity index is 611. The maximum atomic E-state index is 12.1. The van der Waals surface area contributed by atoms with Gasteiger partial charge in [0, 0.05) is 23.3 Å². The van der Waals surface area contributed by atoms with Gasteiger partial charge in [-0.1, -0.05) is 41.9 Å². The van der Waals surface area contributed by atoms with E-state index in [9.17, 15) is 14.9 Å². The first-order valence-corrected chi connectivity index (χ1v) is 5.51. The standard InChI is InChI=1S/C13H8ClNO3/c14-12-7-6-10(15(17)18)8-11(12)13(16)9-4-2-1-3-5-9/h1-8H/i1+1,2+1,3+1,4+1,5+1,9+1. The van der Waals surface area contributed by atoms with Gasteiger partial charge in [0.1, 0.15) is 0 Å². The van der Waals surface area contributed by atoms with E-state index in [2.05, 4.69) is 0 Å². The molecule has 2 aromatic rings. The first-order valence-electron chi connectivity index (χ1n) is 5.13. The van der Waals surface area contributed by atoms with Crippen LogP contribution in [0.1, 0.15) is 15.9 Å². The van der Waals surface area contributed by atoms with Gasteiger partial charge in [0.2, 0.25) is 0 Å². The molecule has 2 rings (SSSR count). The molecule has 0 aromatic heterocycles. The summed E-state index contributed by atoms with van der Waals surface area (Å²) in [7, 11) is 0. The van der Waals surface area contributed by atoms with Crippen LogP contribution in [0.3, 0.4) is 0 Å². The molecule has 0 spiro atoms. The second-order valence-electron chi connectivity index (χ2n) is 3.62. The van der Waals surface area contributed by atoms with Crippen LogP contribution in [0.15, 0.2) is 48.5 Å². The van der Waals surface area contributed by atoms with Gasteiger partial charge in [0.15, 0.2) is 5.78 Å². The SMILES string of the molecule is O=C(c1cc([N+](=O)[O-])ccc1Cl)[13c]1[13cH][13cH][13cH][13cH][13cH]1. The molecule has 0 N–H and O–H groups in total. The summed E-state index contributed by atoms with van der Waals surface area (Å²) >= 11 is 5.90. The van der Waals surface area contributed by atoms with Crippen LogP contribution in [0.4, 0.5) is 5.69 Å². The molecule has 0 amide bonds. The summed E-state index contributed by atoms with van der Waals surface area (Å²) in [5.41, 5.74) is 0.427. The average Bonchev–Trinajstić information content (AvgIpc) is 2.39. The third-order valence-corrected chi connectivity index (χ3v) is 2.77. The minimum absolute atomic E-state index is 0.136. The lowest BCUT2D eigenvalue weighted by Crippen LogP contribution is -2.03. The van der Waals surface area contributed by atoms with E-state index in [1.54, 1.807) is 30.3 Å². The second kappa shape index (κ2) is 4.98. The quantitative estimate of drug-likeness (QED) is 0.486. The Labute approximate surface area is 108 Å². The Morgan fingerprint density at radius 2 is 1.78 bits per heavy atom. The van der Waals surface area contributed by atoms with E-state index < -0.39 is 4.92 Å². The smallest absolute Gasteiger partial charge is 0.270 e. The van der Waals surface area contributed by atoms with Crippen molar-refractivity contribution < 1.29 is 9.72 Å². The molecule has 90 valence electrons. The predicted octanol–water partition coefficient (Wildman–Crippen LogP) is 3.48. The monoisotopic (exact) mass is 267 g/mol. The lowest BCUT2D eigenvalue weighted by Gasteiger charge is -2.03. The molecule has 18 heavy (non-hydrogen) atoms. The van der Waals surface area contributed by atoms with Crippen molar-refractivity contribution >= 4 is 23.1 Å². The molecule has 0 unspecified atom stereocenters. The highest BCUT2D eigenvalue weighted by atomic mass is 35.5. The van der Waals surface area contributed by atoms with Gasteiger partial charge in [-0.3, -0.25) is 14.9 Å². The molecular weight excluding hydrogens is 260 g/mol. The van der Waals surface area contributed by atoms with E-state index in [1.165, 1.54) is 18.2 Å². The van der Waals surface area contributed by atoms with Crippen molar-refractivity contribution in [3.8, 4) is 0 Å². The zero-order chi connectivity index (χ0) is 13.1. The fourth-order valence-electron chi connectivity index (χ4n) is 1.55. The summed E-state index contributed by atoms with van der Waals surface area (Å²) in [4.78, 5) is 22.3. The normalized spacial score (nSPS) is 10.1. The minimum Gasteiger partial charge on any atom is -0.289 e. The summed E-state index contributed by atoms with van der Waals surface area (Å²) < 4.78 is 0. The van der Waals surface area contributed by atoms with Crippen molar-refractivity contribution in [1.82, 2.24) is 0 Å². The Morgan fingerprint density at radius 3 is 2.39 bits per heavy atom. The molecule has 0 aliphatic heterocycles. The number of non-ortho nitro benzene ring substituents is 1. The Balaban J connectivity index is 2.48. The molecule has 0 saturated heterocycles.